The minimum absolute atomic E-state index is 0.184. The van der Waals surface area contributed by atoms with Crippen LogP contribution in [0.2, 0.25) is 0 Å². The van der Waals surface area contributed by atoms with E-state index in [0.717, 1.165) is 12.0 Å². The van der Waals surface area contributed by atoms with Crippen molar-refractivity contribution in [3.8, 4) is 0 Å². The van der Waals surface area contributed by atoms with Crippen molar-refractivity contribution in [2.75, 3.05) is 5.32 Å². The highest BCUT2D eigenvalue weighted by atomic mass is 19.1. The second-order valence-electron chi connectivity index (χ2n) is 9.07. The Morgan fingerprint density at radius 3 is 2.46 bits per heavy atom. The summed E-state index contributed by atoms with van der Waals surface area (Å²) >= 11 is 0. The molecule has 2 aromatic carbocycles. The second kappa shape index (κ2) is 10.1. The molecule has 0 aliphatic rings. The van der Waals surface area contributed by atoms with Crippen molar-refractivity contribution in [3.63, 3.8) is 0 Å². The van der Waals surface area contributed by atoms with Crippen LogP contribution in [-0.4, -0.2) is 25.4 Å². The molecule has 4 aromatic rings. The first kappa shape index (κ1) is 24.1. The van der Waals surface area contributed by atoms with Crippen molar-refractivity contribution in [2.24, 2.45) is 5.92 Å². The van der Waals surface area contributed by atoms with Crippen molar-refractivity contribution in [1.82, 2.24) is 19.5 Å². The molecule has 0 aliphatic carbocycles. The van der Waals surface area contributed by atoms with Crippen molar-refractivity contribution >= 4 is 22.8 Å². The largest absolute Gasteiger partial charge is 0.336 e. The van der Waals surface area contributed by atoms with E-state index in [1.807, 2.05) is 12.1 Å². The lowest BCUT2D eigenvalue weighted by molar-refractivity contribution is -0.114. The molecule has 2 aromatic heterocycles. The molecule has 0 aliphatic heterocycles. The summed E-state index contributed by atoms with van der Waals surface area (Å²) in [5.74, 6) is -0.145. The van der Waals surface area contributed by atoms with Gasteiger partial charge < -0.3 is 10.3 Å². The van der Waals surface area contributed by atoms with Crippen LogP contribution in [0.4, 0.5) is 10.1 Å². The molecule has 4 rings (SSSR count). The molecule has 0 bridgehead atoms. The molecule has 0 radical (unpaired) electrons. The molecule has 1 amide bonds. The molecule has 182 valence electrons. The predicted molar refractivity (Wildman–Crippen MR) is 133 cm³/mol. The number of aromatic amines is 2. The van der Waals surface area contributed by atoms with Crippen LogP contribution < -0.4 is 16.6 Å². The maximum atomic E-state index is 14.6. The van der Waals surface area contributed by atoms with E-state index >= 15 is 0 Å². The number of carbonyl (C=O) groups excluding carboxylic acids is 1. The highest BCUT2D eigenvalue weighted by Crippen LogP contribution is 2.29. The van der Waals surface area contributed by atoms with Gasteiger partial charge in [0.05, 0.1) is 0 Å². The van der Waals surface area contributed by atoms with E-state index in [-0.39, 0.29) is 29.3 Å². The van der Waals surface area contributed by atoms with E-state index in [1.165, 1.54) is 17.6 Å². The van der Waals surface area contributed by atoms with Gasteiger partial charge in [-0.3, -0.25) is 19.1 Å². The summed E-state index contributed by atoms with van der Waals surface area (Å²) in [7, 11) is 0. The summed E-state index contributed by atoms with van der Waals surface area (Å²) in [6.07, 6.45) is 1.02. The SMILES string of the molecule is CC(=O)Nc1ccc(C(Cc2ccccc2F)c2nc3c([nH]2)c(=O)[nH]c(=O)n3CCC(C)C)cc1. The van der Waals surface area contributed by atoms with Gasteiger partial charge >= 0.3 is 5.69 Å². The van der Waals surface area contributed by atoms with Crippen molar-refractivity contribution in [2.45, 2.75) is 46.1 Å². The number of H-pyrrole nitrogens is 2. The Morgan fingerprint density at radius 1 is 1.09 bits per heavy atom. The molecule has 0 spiro atoms. The minimum Gasteiger partial charge on any atom is -0.336 e. The molecule has 3 N–H and O–H groups in total. The number of amides is 1. The molecular formula is C26H28FN5O3. The summed E-state index contributed by atoms with van der Waals surface area (Å²) < 4.78 is 16.0. The van der Waals surface area contributed by atoms with E-state index in [9.17, 15) is 18.8 Å². The lowest BCUT2D eigenvalue weighted by Crippen LogP contribution is -2.30. The zero-order valence-corrected chi connectivity index (χ0v) is 19.9. The van der Waals surface area contributed by atoms with E-state index in [0.29, 0.717) is 29.5 Å². The summed E-state index contributed by atoms with van der Waals surface area (Å²) in [5.41, 5.74) is 1.37. The third-order valence-electron chi connectivity index (χ3n) is 5.93. The van der Waals surface area contributed by atoms with E-state index in [1.54, 1.807) is 30.3 Å². The lowest BCUT2D eigenvalue weighted by Gasteiger charge is -2.16. The standard InChI is InChI=1S/C26H28FN5O3/c1-15(2)12-13-32-24-22(25(34)31-26(32)35)29-23(30-24)20(14-18-6-4-5-7-21(18)27)17-8-10-19(11-9-17)28-16(3)33/h4-11,15,20H,12-14H2,1-3H3,(H,28,33)(H,29,30)(H,31,34,35). The number of benzene rings is 2. The first-order valence-corrected chi connectivity index (χ1v) is 11.6. The average molecular weight is 478 g/mol. The van der Waals surface area contributed by atoms with Gasteiger partial charge in [0.15, 0.2) is 5.65 Å². The normalized spacial score (nSPS) is 12.3. The quantitative estimate of drug-likeness (QED) is 0.357. The number of fused-ring (bicyclic) bond motifs is 1. The highest BCUT2D eigenvalue weighted by molar-refractivity contribution is 5.88. The average Bonchev–Trinajstić information content (AvgIpc) is 3.24. The Bertz CT molecular complexity index is 1470. The molecule has 2 heterocycles. The Kier molecular flexibility index (Phi) is 6.95. The van der Waals surface area contributed by atoms with Gasteiger partial charge in [0.25, 0.3) is 5.56 Å². The van der Waals surface area contributed by atoms with Gasteiger partial charge in [-0.25, -0.2) is 14.2 Å². The van der Waals surface area contributed by atoms with Crippen LogP contribution in [0.25, 0.3) is 11.2 Å². The molecular weight excluding hydrogens is 449 g/mol. The Labute approximate surface area is 201 Å². The van der Waals surface area contributed by atoms with Crippen molar-refractivity contribution in [1.29, 1.82) is 0 Å². The van der Waals surface area contributed by atoms with Gasteiger partial charge in [-0.2, -0.15) is 0 Å². The minimum atomic E-state index is -0.546. The number of aromatic nitrogens is 4. The number of halogens is 1. The number of anilines is 1. The van der Waals surface area contributed by atoms with Crippen LogP contribution in [0.3, 0.4) is 0 Å². The summed E-state index contributed by atoms with van der Waals surface area (Å²) in [4.78, 5) is 46.7. The van der Waals surface area contributed by atoms with Gasteiger partial charge in [0.2, 0.25) is 5.91 Å². The smallest absolute Gasteiger partial charge is 0.330 e. The van der Waals surface area contributed by atoms with Crippen LogP contribution >= 0.6 is 0 Å². The fourth-order valence-corrected chi connectivity index (χ4v) is 4.08. The molecule has 35 heavy (non-hydrogen) atoms. The van der Waals surface area contributed by atoms with Gasteiger partial charge in [-0.15, -0.1) is 0 Å². The number of aryl methyl sites for hydroxylation is 1. The summed E-state index contributed by atoms with van der Waals surface area (Å²) in [5, 5.41) is 2.73. The number of carbonyl (C=O) groups is 1. The van der Waals surface area contributed by atoms with E-state index in [4.69, 9.17) is 0 Å². The fourth-order valence-electron chi connectivity index (χ4n) is 4.08. The predicted octanol–water partition coefficient (Wildman–Crippen LogP) is 3.93. The Balaban J connectivity index is 1.83. The first-order chi connectivity index (χ1) is 16.7. The van der Waals surface area contributed by atoms with Crippen molar-refractivity contribution in [3.05, 3.63) is 92.1 Å². The highest BCUT2D eigenvalue weighted by Gasteiger charge is 2.23. The van der Waals surface area contributed by atoms with E-state index < -0.39 is 17.2 Å². The third-order valence-corrected chi connectivity index (χ3v) is 5.93. The molecule has 1 atom stereocenters. The zero-order valence-electron chi connectivity index (χ0n) is 19.9. The number of nitrogens with one attached hydrogen (secondary N) is 3. The summed E-state index contributed by atoms with van der Waals surface area (Å²) in [6, 6.07) is 13.7. The van der Waals surface area contributed by atoms with Crippen LogP contribution in [0.5, 0.6) is 0 Å². The molecule has 1 unspecified atom stereocenters. The van der Waals surface area contributed by atoms with Crippen LogP contribution in [0.15, 0.2) is 58.1 Å². The zero-order chi connectivity index (χ0) is 25.1. The molecule has 9 heteroatoms. The second-order valence-corrected chi connectivity index (χ2v) is 9.07. The number of hydrogen-bond acceptors (Lipinski definition) is 4. The number of hydrogen-bond donors (Lipinski definition) is 3. The first-order valence-electron chi connectivity index (χ1n) is 11.6. The van der Waals surface area contributed by atoms with Gasteiger partial charge in [-0.1, -0.05) is 44.2 Å². The third kappa shape index (κ3) is 5.40. The van der Waals surface area contributed by atoms with Gasteiger partial charge in [0.1, 0.15) is 17.2 Å². The van der Waals surface area contributed by atoms with Crippen molar-refractivity contribution < 1.29 is 9.18 Å². The fraction of sp³-hybridized carbons (Fsp3) is 0.308. The van der Waals surface area contributed by atoms with Crippen LogP contribution in [0, 0.1) is 11.7 Å². The van der Waals surface area contributed by atoms with Crippen LogP contribution in [0.1, 0.15) is 50.1 Å². The topological polar surface area (TPSA) is 113 Å². The monoisotopic (exact) mass is 477 g/mol. The van der Waals surface area contributed by atoms with Crippen LogP contribution in [-0.2, 0) is 17.8 Å². The maximum absolute atomic E-state index is 14.6. The molecule has 0 saturated heterocycles. The lowest BCUT2D eigenvalue weighted by atomic mass is 9.91. The molecule has 0 saturated carbocycles. The number of nitrogens with zero attached hydrogens (tertiary/aromatic N) is 2. The molecule has 0 fully saturated rings. The van der Waals surface area contributed by atoms with Gasteiger partial charge in [-0.05, 0) is 48.1 Å². The Hall–Kier alpha value is -4.01. The summed E-state index contributed by atoms with van der Waals surface area (Å²) in [6.45, 7) is 5.95. The molecule has 8 nitrogen and oxygen atoms in total. The van der Waals surface area contributed by atoms with E-state index in [2.05, 4.69) is 34.1 Å². The maximum Gasteiger partial charge on any atom is 0.330 e. The number of rotatable bonds is 8. The van der Waals surface area contributed by atoms with Gasteiger partial charge in [0, 0.05) is 25.1 Å². The number of imidazole rings is 1. The Morgan fingerprint density at radius 2 is 1.80 bits per heavy atom.